The van der Waals surface area contributed by atoms with Gasteiger partial charge in [0.25, 0.3) is 0 Å². The Hall–Kier alpha value is -0.850. The SMILES string of the molecule is CNCC1CCN(C(=O)OC(C)(C)C)C(C2CNCCC2CNC)C1. The number of piperidine rings is 2. The summed E-state index contributed by atoms with van der Waals surface area (Å²) in [5, 5.41) is 10.2. The summed E-state index contributed by atoms with van der Waals surface area (Å²) in [6.07, 6.45) is 3.13. The number of carbonyl (C=O) groups excluding carboxylic acids is 1. The molecular formula is C19H38N4O2. The van der Waals surface area contributed by atoms with Crippen LogP contribution in [0.4, 0.5) is 4.79 Å². The van der Waals surface area contributed by atoms with E-state index in [4.69, 9.17) is 4.74 Å². The van der Waals surface area contributed by atoms with Crippen molar-refractivity contribution in [2.24, 2.45) is 17.8 Å². The summed E-state index contributed by atoms with van der Waals surface area (Å²) in [6, 6.07) is 0.257. The number of nitrogens with zero attached hydrogens (tertiary/aromatic N) is 1. The van der Waals surface area contributed by atoms with Gasteiger partial charge in [0.1, 0.15) is 5.60 Å². The average molecular weight is 355 g/mol. The molecule has 2 saturated heterocycles. The highest BCUT2D eigenvalue weighted by Gasteiger charge is 2.41. The number of carbonyl (C=O) groups is 1. The van der Waals surface area contributed by atoms with E-state index in [1.54, 1.807) is 0 Å². The molecule has 4 atom stereocenters. The van der Waals surface area contributed by atoms with Crippen molar-refractivity contribution in [1.29, 1.82) is 0 Å². The molecule has 4 unspecified atom stereocenters. The van der Waals surface area contributed by atoms with Crippen molar-refractivity contribution in [2.45, 2.75) is 51.7 Å². The second kappa shape index (κ2) is 9.19. The van der Waals surface area contributed by atoms with E-state index in [1.807, 2.05) is 39.8 Å². The standard InChI is InChI=1S/C19H38N4O2/c1-19(2,3)25-18(24)23-9-7-14(11-20-4)10-17(23)16-13-22-8-6-15(16)12-21-5/h14-17,20-22H,6-13H2,1-5H3. The van der Waals surface area contributed by atoms with Crippen molar-refractivity contribution in [3.63, 3.8) is 0 Å². The van der Waals surface area contributed by atoms with Gasteiger partial charge in [-0.3, -0.25) is 0 Å². The second-order valence-corrected chi connectivity index (χ2v) is 8.66. The Bertz CT molecular complexity index is 422. The number of likely N-dealkylation sites (tertiary alicyclic amines) is 1. The number of hydrogen-bond acceptors (Lipinski definition) is 5. The topological polar surface area (TPSA) is 65.6 Å². The predicted octanol–water partition coefficient (Wildman–Crippen LogP) is 1.67. The van der Waals surface area contributed by atoms with Crippen LogP contribution in [0.2, 0.25) is 0 Å². The molecule has 0 radical (unpaired) electrons. The van der Waals surface area contributed by atoms with E-state index in [9.17, 15) is 4.79 Å². The Balaban J connectivity index is 2.16. The Morgan fingerprint density at radius 1 is 1.20 bits per heavy atom. The smallest absolute Gasteiger partial charge is 0.410 e. The predicted molar refractivity (Wildman–Crippen MR) is 102 cm³/mol. The van der Waals surface area contributed by atoms with E-state index in [0.717, 1.165) is 45.6 Å². The van der Waals surface area contributed by atoms with Gasteiger partial charge in [-0.25, -0.2) is 4.79 Å². The van der Waals surface area contributed by atoms with Crippen molar-refractivity contribution in [3.05, 3.63) is 0 Å². The summed E-state index contributed by atoms with van der Waals surface area (Å²) < 4.78 is 5.72. The molecule has 2 aliphatic heterocycles. The van der Waals surface area contributed by atoms with Crippen molar-refractivity contribution < 1.29 is 9.53 Å². The molecule has 2 rings (SSSR count). The third-order valence-corrected chi connectivity index (χ3v) is 5.51. The largest absolute Gasteiger partial charge is 0.444 e. The van der Waals surface area contributed by atoms with Gasteiger partial charge < -0.3 is 25.6 Å². The van der Waals surface area contributed by atoms with Crippen LogP contribution in [0.5, 0.6) is 0 Å². The summed E-state index contributed by atoms with van der Waals surface area (Å²) >= 11 is 0. The highest BCUT2D eigenvalue weighted by Crippen LogP contribution is 2.34. The molecular weight excluding hydrogens is 316 g/mol. The van der Waals surface area contributed by atoms with E-state index in [1.165, 1.54) is 6.42 Å². The van der Waals surface area contributed by atoms with E-state index < -0.39 is 5.60 Å². The quantitative estimate of drug-likeness (QED) is 0.701. The first kappa shape index (κ1) is 20.5. The maximum atomic E-state index is 12.8. The first-order valence-electron chi connectivity index (χ1n) is 9.85. The lowest BCUT2D eigenvalue weighted by molar-refractivity contribution is -0.0138. The second-order valence-electron chi connectivity index (χ2n) is 8.66. The van der Waals surface area contributed by atoms with Crippen LogP contribution in [0.1, 0.15) is 40.0 Å². The minimum atomic E-state index is -0.446. The summed E-state index contributed by atoms with van der Waals surface area (Å²) in [5.41, 5.74) is -0.446. The average Bonchev–Trinajstić information content (AvgIpc) is 2.54. The molecule has 0 aromatic carbocycles. The van der Waals surface area contributed by atoms with Crippen molar-refractivity contribution >= 4 is 6.09 Å². The zero-order valence-electron chi connectivity index (χ0n) is 16.7. The van der Waals surface area contributed by atoms with Crippen LogP contribution in [0.15, 0.2) is 0 Å². The molecule has 6 heteroatoms. The molecule has 2 aliphatic rings. The molecule has 0 bridgehead atoms. The third-order valence-electron chi connectivity index (χ3n) is 5.51. The number of amides is 1. The van der Waals surface area contributed by atoms with Gasteiger partial charge in [-0.2, -0.15) is 0 Å². The number of ether oxygens (including phenoxy) is 1. The van der Waals surface area contributed by atoms with Gasteiger partial charge in [0.15, 0.2) is 0 Å². The molecule has 2 heterocycles. The molecule has 1 amide bonds. The Labute approximate surface area is 153 Å². The monoisotopic (exact) mass is 354 g/mol. The van der Waals surface area contributed by atoms with E-state index >= 15 is 0 Å². The lowest BCUT2D eigenvalue weighted by Gasteiger charge is -2.47. The van der Waals surface area contributed by atoms with Gasteiger partial charge in [-0.05, 0) is 91.5 Å². The molecule has 0 aromatic heterocycles. The van der Waals surface area contributed by atoms with Crippen LogP contribution in [0, 0.1) is 17.8 Å². The molecule has 146 valence electrons. The van der Waals surface area contributed by atoms with Crippen molar-refractivity contribution in [2.75, 3.05) is 46.8 Å². The fourth-order valence-corrected chi connectivity index (χ4v) is 4.40. The lowest BCUT2D eigenvalue weighted by atomic mass is 9.75. The summed E-state index contributed by atoms with van der Waals surface area (Å²) in [6.45, 7) is 10.7. The van der Waals surface area contributed by atoms with Crippen LogP contribution < -0.4 is 16.0 Å². The zero-order valence-corrected chi connectivity index (χ0v) is 16.7. The van der Waals surface area contributed by atoms with Crippen LogP contribution in [0.3, 0.4) is 0 Å². The maximum absolute atomic E-state index is 12.8. The minimum absolute atomic E-state index is 0.144. The number of hydrogen-bond donors (Lipinski definition) is 3. The first-order chi connectivity index (χ1) is 11.9. The van der Waals surface area contributed by atoms with Crippen LogP contribution >= 0.6 is 0 Å². The number of rotatable bonds is 5. The molecule has 0 aromatic rings. The van der Waals surface area contributed by atoms with Gasteiger partial charge in [0.2, 0.25) is 0 Å². The van der Waals surface area contributed by atoms with E-state index in [-0.39, 0.29) is 12.1 Å². The van der Waals surface area contributed by atoms with Crippen LogP contribution in [0.25, 0.3) is 0 Å². The summed E-state index contributed by atoms with van der Waals surface area (Å²) in [7, 11) is 4.04. The van der Waals surface area contributed by atoms with E-state index in [0.29, 0.717) is 17.8 Å². The molecule has 0 spiro atoms. The van der Waals surface area contributed by atoms with E-state index in [2.05, 4.69) is 16.0 Å². The van der Waals surface area contributed by atoms with Crippen LogP contribution in [-0.2, 0) is 4.74 Å². The van der Waals surface area contributed by atoms with Crippen LogP contribution in [-0.4, -0.2) is 69.5 Å². The molecule has 0 saturated carbocycles. The van der Waals surface area contributed by atoms with Crippen molar-refractivity contribution in [3.8, 4) is 0 Å². The molecule has 6 nitrogen and oxygen atoms in total. The molecule has 2 fully saturated rings. The maximum Gasteiger partial charge on any atom is 0.410 e. The first-order valence-corrected chi connectivity index (χ1v) is 9.85. The zero-order chi connectivity index (χ0) is 18.4. The normalized spacial score (nSPS) is 31.0. The van der Waals surface area contributed by atoms with Gasteiger partial charge in [0, 0.05) is 19.1 Å². The number of nitrogens with one attached hydrogen (secondary N) is 3. The molecule has 3 N–H and O–H groups in total. The van der Waals surface area contributed by atoms with Gasteiger partial charge in [-0.15, -0.1) is 0 Å². The van der Waals surface area contributed by atoms with Gasteiger partial charge >= 0.3 is 6.09 Å². The minimum Gasteiger partial charge on any atom is -0.444 e. The highest BCUT2D eigenvalue weighted by atomic mass is 16.6. The fourth-order valence-electron chi connectivity index (χ4n) is 4.40. The summed E-state index contributed by atoms with van der Waals surface area (Å²) in [5.74, 6) is 1.72. The summed E-state index contributed by atoms with van der Waals surface area (Å²) in [4.78, 5) is 14.9. The van der Waals surface area contributed by atoms with Gasteiger partial charge in [-0.1, -0.05) is 0 Å². The third kappa shape index (κ3) is 5.83. The fraction of sp³-hybridized carbons (Fsp3) is 0.947. The molecule has 25 heavy (non-hydrogen) atoms. The Morgan fingerprint density at radius 2 is 1.92 bits per heavy atom. The Morgan fingerprint density at radius 3 is 2.56 bits per heavy atom. The highest BCUT2D eigenvalue weighted by molar-refractivity contribution is 5.68. The lowest BCUT2D eigenvalue weighted by Crippen LogP contribution is -2.57. The Kier molecular flexibility index (Phi) is 7.52. The van der Waals surface area contributed by atoms with Gasteiger partial charge in [0.05, 0.1) is 0 Å². The van der Waals surface area contributed by atoms with Crippen molar-refractivity contribution in [1.82, 2.24) is 20.9 Å². The molecule has 0 aliphatic carbocycles.